The van der Waals surface area contributed by atoms with Crippen molar-refractivity contribution < 1.29 is 31.7 Å². The van der Waals surface area contributed by atoms with Crippen LogP contribution in [0, 0.1) is 5.92 Å². The number of amides is 1. The van der Waals surface area contributed by atoms with Gasteiger partial charge in [0.2, 0.25) is 5.91 Å². The summed E-state index contributed by atoms with van der Waals surface area (Å²) in [7, 11) is -2.70. The molecule has 9 heteroatoms. The van der Waals surface area contributed by atoms with Crippen LogP contribution in [0.5, 0.6) is 5.75 Å². The van der Waals surface area contributed by atoms with Gasteiger partial charge in [-0.25, -0.2) is 4.79 Å². The van der Waals surface area contributed by atoms with Crippen molar-refractivity contribution in [3.05, 3.63) is 59.7 Å². The van der Waals surface area contributed by atoms with E-state index < -0.39 is 22.2 Å². The third kappa shape index (κ3) is 8.14. The smallest absolute Gasteiger partial charge is 0.340 e. The van der Waals surface area contributed by atoms with E-state index in [1.165, 1.54) is 30.3 Å². The van der Waals surface area contributed by atoms with Gasteiger partial charge in [-0.1, -0.05) is 38.1 Å². The molecule has 0 spiro atoms. The average Bonchev–Trinajstić information content (AvgIpc) is 2.76. The molecule has 0 atom stereocenters. The van der Waals surface area contributed by atoms with Crippen molar-refractivity contribution in [2.45, 2.75) is 51.7 Å². The summed E-state index contributed by atoms with van der Waals surface area (Å²) < 4.78 is 41.3. The van der Waals surface area contributed by atoms with Gasteiger partial charge < -0.3 is 18.6 Å². The number of hydrogen-bond acceptors (Lipinski definition) is 7. The number of ether oxygens (including phenoxy) is 2. The van der Waals surface area contributed by atoms with Crippen LogP contribution >= 0.6 is 0 Å². The molecule has 2 aromatic rings. The molecule has 2 rings (SSSR count). The molecule has 0 aliphatic heterocycles. The molecule has 1 amide bonds. The zero-order chi connectivity index (χ0) is 25.3. The van der Waals surface area contributed by atoms with Gasteiger partial charge in [0, 0.05) is 26.6 Å². The van der Waals surface area contributed by atoms with E-state index in [-0.39, 0.29) is 28.0 Å². The lowest BCUT2D eigenvalue weighted by Gasteiger charge is -2.23. The molecule has 0 unspecified atom stereocenters. The Bertz CT molecular complexity index is 1060. The van der Waals surface area contributed by atoms with Crippen molar-refractivity contribution >= 4 is 22.0 Å². The maximum absolute atomic E-state index is 12.9. The monoisotopic (exact) mass is 491 g/mol. The molecule has 0 heterocycles. The maximum atomic E-state index is 12.9. The summed E-state index contributed by atoms with van der Waals surface area (Å²) in [5.41, 5.74) is 0.726. The number of carbonyl (C=O) groups excluding carboxylic acids is 2. The van der Waals surface area contributed by atoms with Crippen molar-refractivity contribution in [3.63, 3.8) is 0 Å². The van der Waals surface area contributed by atoms with Crippen LogP contribution in [0.1, 0.15) is 50.0 Å². The third-order valence-corrected chi connectivity index (χ3v) is 6.03. The zero-order valence-corrected chi connectivity index (χ0v) is 21.1. The van der Waals surface area contributed by atoms with E-state index in [2.05, 4.69) is 0 Å². The Kier molecular flexibility index (Phi) is 10.1. The van der Waals surface area contributed by atoms with Crippen LogP contribution in [0.25, 0.3) is 0 Å². The Morgan fingerprint density at radius 2 is 1.62 bits per heavy atom. The van der Waals surface area contributed by atoms with E-state index in [0.717, 1.165) is 5.56 Å². The quantitative estimate of drug-likeness (QED) is 0.326. The fraction of sp³-hybridized carbons (Fsp3) is 0.440. The second-order valence-electron chi connectivity index (χ2n) is 8.54. The Morgan fingerprint density at radius 1 is 0.971 bits per heavy atom. The third-order valence-electron chi connectivity index (χ3n) is 4.72. The highest BCUT2D eigenvalue weighted by Crippen LogP contribution is 2.23. The zero-order valence-electron chi connectivity index (χ0n) is 20.3. The molecule has 0 saturated carbocycles. The molecule has 0 N–H and O–H groups in total. The number of methoxy groups -OCH3 is 1. The molecule has 8 nitrogen and oxygen atoms in total. The molecule has 0 aliphatic rings. The van der Waals surface area contributed by atoms with Crippen LogP contribution in [0.3, 0.4) is 0 Å². The lowest BCUT2D eigenvalue weighted by molar-refractivity contribution is -0.133. The highest BCUT2D eigenvalue weighted by Gasteiger charge is 2.25. The number of esters is 1. The molecular formula is C25H33NO7S. The van der Waals surface area contributed by atoms with Gasteiger partial charge in [-0.3, -0.25) is 4.79 Å². The summed E-state index contributed by atoms with van der Waals surface area (Å²) >= 11 is 0. The van der Waals surface area contributed by atoms with Crippen molar-refractivity contribution in [3.8, 4) is 5.75 Å². The minimum atomic E-state index is -4.28. The maximum Gasteiger partial charge on any atom is 0.340 e. The largest absolute Gasteiger partial charge is 0.459 e. The van der Waals surface area contributed by atoms with Gasteiger partial charge in [0.25, 0.3) is 0 Å². The van der Waals surface area contributed by atoms with Gasteiger partial charge in [0.1, 0.15) is 10.6 Å². The Morgan fingerprint density at radius 3 is 2.21 bits per heavy atom. The van der Waals surface area contributed by atoms with E-state index in [9.17, 15) is 18.0 Å². The topological polar surface area (TPSA) is 99.2 Å². The van der Waals surface area contributed by atoms with Gasteiger partial charge in [0.05, 0.1) is 18.3 Å². The summed E-state index contributed by atoms with van der Waals surface area (Å²) in [6.07, 6.45) is 0.0366. The van der Waals surface area contributed by atoms with Crippen LogP contribution in [-0.4, -0.2) is 51.6 Å². The van der Waals surface area contributed by atoms with E-state index >= 15 is 0 Å². The SMILES string of the molecule is COCCN(Cc1ccc(OS(=O)(=O)c2ccccc2C(=O)OC(C)C)cc1)C(=O)CC(C)C. The summed E-state index contributed by atoms with van der Waals surface area (Å²) in [5.74, 6) is -0.387. The average molecular weight is 492 g/mol. The first kappa shape index (κ1) is 27.3. The van der Waals surface area contributed by atoms with E-state index in [0.29, 0.717) is 26.1 Å². The van der Waals surface area contributed by atoms with E-state index in [1.54, 1.807) is 44.1 Å². The van der Waals surface area contributed by atoms with Crippen molar-refractivity contribution in [1.82, 2.24) is 4.90 Å². The van der Waals surface area contributed by atoms with Crippen molar-refractivity contribution in [1.29, 1.82) is 0 Å². The van der Waals surface area contributed by atoms with Gasteiger partial charge in [-0.15, -0.1) is 0 Å². The minimum Gasteiger partial charge on any atom is -0.459 e. The normalized spacial score (nSPS) is 11.5. The molecule has 2 aromatic carbocycles. The Hall–Kier alpha value is -2.91. The molecule has 186 valence electrons. The van der Waals surface area contributed by atoms with E-state index in [4.69, 9.17) is 13.7 Å². The molecule has 0 aliphatic carbocycles. The number of benzene rings is 2. The van der Waals surface area contributed by atoms with Crippen molar-refractivity contribution in [2.24, 2.45) is 5.92 Å². The van der Waals surface area contributed by atoms with Crippen LogP contribution in [0.2, 0.25) is 0 Å². The first-order valence-corrected chi connectivity index (χ1v) is 12.5. The second kappa shape index (κ2) is 12.5. The fourth-order valence-corrected chi connectivity index (χ4v) is 4.27. The standard InChI is InChI=1S/C25H33NO7S/c1-18(2)16-24(27)26(14-15-31-5)17-20-10-12-21(13-11-20)33-34(29,30)23-9-7-6-8-22(23)25(28)32-19(3)4/h6-13,18-19H,14-17H2,1-5H3. The molecule has 0 bridgehead atoms. The van der Waals surface area contributed by atoms with Gasteiger partial charge in [-0.05, 0) is 49.6 Å². The lowest BCUT2D eigenvalue weighted by Crippen LogP contribution is -2.34. The molecule has 0 aromatic heterocycles. The molecule has 0 radical (unpaired) electrons. The van der Waals surface area contributed by atoms with Gasteiger partial charge in [-0.2, -0.15) is 8.42 Å². The Labute approximate surface area is 201 Å². The lowest BCUT2D eigenvalue weighted by atomic mass is 10.1. The number of hydrogen-bond donors (Lipinski definition) is 0. The summed E-state index contributed by atoms with van der Waals surface area (Å²) in [5, 5.41) is 0. The fourth-order valence-electron chi connectivity index (χ4n) is 3.14. The molecule has 0 fully saturated rings. The molecule has 0 saturated heterocycles. The predicted octanol–water partition coefficient (Wildman–Crippen LogP) is 4.04. The molecule has 34 heavy (non-hydrogen) atoms. The number of rotatable bonds is 12. The van der Waals surface area contributed by atoms with Crippen LogP contribution < -0.4 is 4.18 Å². The summed E-state index contributed by atoms with van der Waals surface area (Å²) in [4.78, 5) is 26.3. The first-order valence-electron chi connectivity index (χ1n) is 11.1. The van der Waals surface area contributed by atoms with Gasteiger partial charge >= 0.3 is 16.1 Å². The predicted molar refractivity (Wildman–Crippen MR) is 128 cm³/mol. The molecular weight excluding hydrogens is 458 g/mol. The minimum absolute atomic E-state index is 0.0276. The number of nitrogens with zero attached hydrogens (tertiary/aromatic N) is 1. The second-order valence-corrected chi connectivity index (χ2v) is 10.1. The van der Waals surface area contributed by atoms with Crippen LogP contribution in [0.4, 0.5) is 0 Å². The highest BCUT2D eigenvalue weighted by atomic mass is 32.2. The number of carbonyl (C=O) groups is 2. The first-order chi connectivity index (χ1) is 16.0. The van der Waals surface area contributed by atoms with Crippen LogP contribution in [-0.2, 0) is 30.9 Å². The Balaban J connectivity index is 2.17. The van der Waals surface area contributed by atoms with Crippen LogP contribution in [0.15, 0.2) is 53.4 Å². The van der Waals surface area contributed by atoms with Gasteiger partial charge in [0.15, 0.2) is 0 Å². The highest BCUT2D eigenvalue weighted by molar-refractivity contribution is 7.87. The van der Waals surface area contributed by atoms with Crippen molar-refractivity contribution in [2.75, 3.05) is 20.3 Å². The summed E-state index contributed by atoms with van der Waals surface area (Å²) in [6.45, 7) is 8.57. The van der Waals surface area contributed by atoms with E-state index in [1.807, 2.05) is 13.8 Å². The summed E-state index contributed by atoms with van der Waals surface area (Å²) in [6, 6.07) is 12.2.